The van der Waals surface area contributed by atoms with E-state index < -0.39 is 10.7 Å². The second kappa shape index (κ2) is 16.0. The molecule has 0 fully saturated rings. The molecule has 138 valence electrons. The highest BCUT2D eigenvalue weighted by Gasteiger charge is 2.29. The number of hydrogen-bond donors (Lipinski definition) is 1. The first-order valence-electron chi connectivity index (χ1n) is 8.49. The van der Waals surface area contributed by atoms with Gasteiger partial charge in [0.1, 0.15) is 8.28 Å². The lowest BCUT2D eigenvalue weighted by atomic mass is 10.1. The molecule has 0 spiro atoms. The van der Waals surface area contributed by atoms with Gasteiger partial charge < -0.3 is 5.11 Å². The Balaban J connectivity index is 0. The SMILES string of the molecule is CCCCCCCCCCCCSC(=S)SC(C)(C)C(=O)O.Cl. The van der Waals surface area contributed by atoms with Gasteiger partial charge in [0.25, 0.3) is 0 Å². The van der Waals surface area contributed by atoms with Crippen LogP contribution in [0, 0.1) is 0 Å². The Bertz CT molecular complexity index is 323. The van der Waals surface area contributed by atoms with E-state index in [9.17, 15) is 4.79 Å². The molecule has 0 aromatic carbocycles. The van der Waals surface area contributed by atoms with E-state index in [2.05, 4.69) is 6.92 Å². The molecule has 0 aromatic heterocycles. The molecule has 6 heteroatoms. The first-order valence-corrected chi connectivity index (χ1v) is 10.7. The number of carboxylic acids is 1. The van der Waals surface area contributed by atoms with Gasteiger partial charge in [0.05, 0.1) is 0 Å². The summed E-state index contributed by atoms with van der Waals surface area (Å²) >= 11 is 8.17. The van der Waals surface area contributed by atoms with Crippen molar-refractivity contribution >= 4 is 57.6 Å². The molecule has 0 heterocycles. The third kappa shape index (κ3) is 15.8. The molecular formula is C17H33ClO2S3. The molecule has 0 saturated heterocycles. The summed E-state index contributed by atoms with van der Waals surface area (Å²) in [7, 11) is 0. The second-order valence-electron chi connectivity index (χ2n) is 6.20. The number of unbranched alkanes of at least 4 members (excludes halogenated alkanes) is 9. The van der Waals surface area contributed by atoms with Crippen LogP contribution in [-0.4, -0.2) is 25.1 Å². The molecule has 0 atom stereocenters. The highest BCUT2D eigenvalue weighted by atomic mass is 35.5. The van der Waals surface area contributed by atoms with E-state index >= 15 is 0 Å². The molecular weight excluding hydrogens is 368 g/mol. The van der Waals surface area contributed by atoms with Crippen LogP contribution in [0.15, 0.2) is 0 Å². The van der Waals surface area contributed by atoms with Crippen LogP contribution in [0.1, 0.15) is 85.0 Å². The number of thiocarbonyl (C=S) groups is 1. The van der Waals surface area contributed by atoms with E-state index in [4.69, 9.17) is 17.3 Å². The normalized spacial score (nSPS) is 11.1. The maximum absolute atomic E-state index is 11.0. The van der Waals surface area contributed by atoms with Gasteiger partial charge in [0, 0.05) is 0 Å². The number of thioether (sulfide) groups is 2. The van der Waals surface area contributed by atoms with Crippen LogP contribution in [0.25, 0.3) is 0 Å². The fourth-order valence-electron chi connectivity index (χ4n) is 2.03. The Labute approximate surface area is 162 Å². The van der Waals surface area contributed by atoms with Gasteiger partial charge in [-0.05, 0) is 26.0 Å². The monoisotopic (exact) mass is 400 g/mol. The lowest BCUT2D eigenvalue weighted by Crippen LogP contribution is -2.28. The van der Waals surface area contributed by atoms with Gasteiger partial charge in [0.15, 0.2) is 0 Å². The standard InChI is InChI=1S/C17H32O2S3.ClH/c1-4-5-6-7-8-9-10-11-12-13-14-21-16(20)22-17(2,3)15(18)19;/h4-14H2,1-3H3,(H,18,19);1H. The molecule has 0 aliphatic carbocycles. The van der Waals surface area contributed by atoms with E-state index in [-0.39, 0.29) is 12.4 Å². The minimum atomic E-state index is -0.818. The molecule has 2 nitrogen and oxygen atoms in total. The third-order valence-electron chi connectivity index (χ3n) is 3.57. The number of carboxylic acid groups (broad SMARTS) is 1. The number of hydrogen-bond acceptors (Lipinski definition) is 4. The second-order valence-corrected chi connectivity index (χ2v) is 10.1. The summed E-state index contributed by atoms with van der Waals surface area (Å²) in [5, 5.41) is 9.06. The fraction of sp³-hybridized carbons (Fsp3) is 0.882. The van der Waals surface area contributed by atoms with E-state index in [1.807, 2.05) is 0 Å². The molecule has 0 bridgehead atoms. The van der Waals surface area contributed by atoms with Crippen molar-refractivity contribution in [3.05, 3.63) is 0 Å². The lowest BCUT2D eigenvalue weighted by Gasteiger charge is -2.18. The summed E-state index contributed by atoms with van der Waals surface area (Å²) in [6.07, 6.45) is 13.4. The summed E-state index contributed by atoms with van der Waals surface area (Å²) in [4.78, 5) is 11.0. The number of rotatable bonds is 13. The fourth-order valence-corrected chi connectivity index (χ4v) is 5.03. The maximum Gasteiger partial charge on any atom is 0.319 e. The molecule has 0 aromatic rings. The Kier molecular flexibility index (Phi) is 18.0. The van der Waals surface area contributed by atoms with Gasteiger partial charge in [-0.15, -0.1) is 24.2 Å². The van der Waals surface area contributed by atoms with Crippen LogP contribution in [0.5, 0.6) is 0 Å². The van der Waals surface area contributed by atoms with Crippen LogP contribution in [0.4, 0.5) is 0 Å². The number of carbonyl (C=O) groups is 1. The third-order valence-corrected chi connectivity index (χ3v) is 6.36. The van der Waals surface area contributed by atoms with Crippen molar-refractivity contribution in [1.82, 2.24) is 0 Å². The lowest BCUT2D eigenvalue weighted by molar-refractivity contribution is -0.138. The summed E-state index contributed by atoms with van der Waals surface area (Å²) in [6.45, 7) is 5.66. The van der Waals surface area contributed by atoms with Crippen molar-refractivity contribution in [3.63, 3.8) is 0 Å². The van der Waals surface area contributed by atoms with Gasteiger partial charge in [-0.1, -0.05) is 88.7 Å². The average molecular weight is 401 g/mol. The van der Waals surface area contributed by atoms with Crippen molar-refractivity contribution in [2.24, 2.45) is 0 Å². The first kappa shape index (κ1) is 25.8. The quantitative estimate of drug-likeness (QED) is 0.267. The zero-order valence-corrected chi connectivity index (χ0v) is 18.0. The molecule has 0 aliphatic heterocycles. The Morgan fingerprint density at radius 3 is 1.83 bits per heavy atom. The Morgan fingerprint density at radius 2 is 1.39 bits per heavy atom. The van der Waals surface area contributed by atoms with Crippen LogP contribution in [0.2, 0.25) is 0 Å². The summed E-state index contributed by atoms with van der Waals surface area (Å²) in [5.41, 5.74) is 0. The van der Waals surface area contributed by atoms with E-state index in [1.54, 1.807) is 25.6 Å². The highest BCUT2D eigenvalue weighted by Crippen LogP contribution is 2.31. The van der Waals surface area contributed by atoms with Gasteiger partial charge in [-0.2, -0.15) is 0 Å². The number of aliphatic carboxylic acids is 1. The minimum Gasteiger partial charge on any atom is -0.480 e. The minimum absolute atomic E-state index is 0. The molecule has 0 saturated carbocycles. The zero-order valence-electron chi connectivity index (χ0n) is 14.8. The van der Waals surface area contributed by atoms with Crippen molar-refractivity contribution in [2.45, 2.75) is 89.7 Å². The van der Waals surface area contributed by atoms with Gasteiger partial charge in [-0.3, -0.25) is 4.79 Å². The largest absolute Gasteiger partial charge is 0.480 e. The summed E-state index contributed by atoms with van der Waals surface area (Å²) < 4.78 is -0.0645. The predicted octanol–water partition coefficient (Wildman–Crippen LogP) is 6.94. The summed E-state index contributed by atoms with van der Waals surface area (Å²) in [5.74, 6) is 0.206. The van der Waals surface area contributed by atoms with Gasteiger partial charge in [0.2, 0.25) is 0 Å². The highest BCUT2D eigenvalue weighted by molar-refractivity contribution is 8.47. The topological polar surface area (TPSA) is 37.3 Å². The van der Waals surface area contributed by atoms with Crippen LogP contribution in [0.3, 0.4) is 0 Å². The molecule has 0 radical (unpaired) electrons. The summed E-state index contributed by atoms with van der Waals surface area (Å²) in [6, 6.07) is 0. The average Bonchev–Trinajstić information content (AvgIpc) is 2.44. The van der Waals surface area contributed by atoms with Crippen LogP contribution in [-0.2, 0) is 4.79 Å². The molecule has 0 unspecified atom stereocenters. The molecule has 23 heavy (non-hydrogen) atoms. The molecule has 0 rings (SSSR count). The predicted molar refractivity (Wildman–Crippen MR) is 113 cm³/mol. The van der Waals surface area contributed by atoms with Crippen molar-refractivity contribution in [1.29, 1.82) is 0 Å². The van der Waals surface area contributed by atoms with Crippen LogP contribution < -0.4 is 0 Å². The maximum atomic E-state index is 11.0. The van der Waals surface area contributed by atoms with E-state index in [1.165, 1.54) is 76.0 Å². The molecule has 1 N–H and O–H groups in total. The first-order chi connectivity index (χ1) is 10.4. The van der Waals surface area contributed by atoms with Gasteiger partial charge in [-0.25, -0.2) is 0 Å². The van der Waals surface area contributed by atoms with Crippen molar-refractivity contribution in [3.8, 4) is 0 Å². The Hall–Kier alpha value is 0.550. The zero-order chi connectivity index (χ0) is 16.8. The number of halogens is 1. The Morgan fingerprint density at radius 1 is 0.957 bits per heavy atom. The van der Waals surface area contributed by atoms with Crippen molar-refractivity contribution in [2.75, 3.05) is 5.75 Å². The van der Waals surface area contributed by atoms with Crippen LogP contribution >= 0.6 is 48.1 Å². The molecule has 0 aliphatic rings. The van der Waals surface area contributed by atoms with E-state index in [0.717, 1.165) is 9.28 Å². The molecule has 0 amide bonds. The smallest absolute Gasteiger partial charge is 0.319 e. The van der Waals surface area contributed by atoms with Gasteiger partial charge >= 0.3 is 5.97 Å². The van der Waals surface area contributed by atoms with Crippen molar-refractivity contribution < 1.29 is 9.90 Å². The van der Waals surface area contributed by atoms with E-state index in [0.29, 0.717) is 0 Å².